The summed E-state index contributed by atoms with van der Waals surface area (Å²) < 4.78 is 13.4. The lowest BCUT2D eigenvalue weighted by atomic mass is 10.0. The molecule has 0 heterocycles. The Balaban J connectivity index is 5.12. The zero-order valence-corrected chi connectivity index (χ0v) is 10.9. The third-order valence-corrected chi connectivity index (χ3v) is 2.21. The monoisotopic (exact) mass is 237 g/mol. The first kappa shape index (κ1) is 15.5. The van der Waals surface area contributed by atoms with E-state index in [1.54, 1.807) is 27.0 Å². The summed E-state index contributed by atoms with van der Waals surface area (Å²) in [6, 6.07) is 0. The summed E-state index contributed by atoms with van der Waals surface area (Å²) in [5.41, 5.74) is 1.93. The van der Waals surface area contributed by atoms with Crippen LogP contribution in [0, 0.1) is 0 Å². The molecule has 0 saturated carbocycles. The molecule has 0 rings (SSSR count). The average molecular weight is 237 g/mol. The normalized spacial score (nSPS) is 13.8. The van der Waals surface area contributed by atoms with Gasteiger partial charge in [0.1, 0.15) is 5.83 Å². The molecule has 0 aromatic carbocycles. The molecule has 0 saturated heterocycles. The highest BCUT2D eigenvalue weighted by Gasteiger charge is 2.01. The second-order valence-corrected chi connectivity index (χ2v) is 3.91. The maximum atomic E-state index is 13.4. The summed E-state index contributed by atoms with van der Waals surface area (Å²) >= 11 is 0. The molecule has 2 nitrogen and oxygen atoms in total. The van der Waals surface area contributed by atoms with Crippen molar-refractivity contribution in [2.24, 2.45) is 0 Å². The van der Waals surface area contributed by atoms with Crippen molar-refractivity contribution in [3.8, 4) is 0 Å². The number of carbonyl (C=O) groups is 1. The van der Waals surface area contributed by atoms with E-state index in [1.807, 2.05) is 0 Å². The van der Waals surface area contributed by atoms with Gasteiger partial charge in [0.25, 0.3) is 0 Å². The molecule has 1 N–H and O–H groups in total. The van der Waals surface area contributed by atoms with Crippen LogP contribution >= 0.6 is 0 Å². The van der Waals surface area contributed by atoms with Gasteiger partial charge in [0.2, 0.25) is 0 Å². The van der Waals surface area contributed by atoms with E-state index in [2.05, 4.69) is 11.9 Å². The predicted molar refractivity (Wildman–Crippen MR) is 70.5 cm³/mol. The molecule has 0 atom stereocenters. The number of nitrogens with one attached hydrogen (secondary N) is 1. The quantitative estimate of drug-likeness (QED) is 0.568. The van der Waals surface area contributed by atoms with Crippen LogP contribution in [0.15, 0.2) is 47.4 Å². The SMILES string of the molecule is C=C(C)C(/C=C(/C)C(C)=O)=C\C(F)=C/CNC. The molecule has 0 aliphatic heterocycles. The zero-order valence-electron chi connectivity index (χ0n) is 10.9. The van der Waals surface area contributed by atoms with Crippen molar-refractivity contribution in [1.29, 1.82) is 0 Å². The molecule has 17 heavy (non-hydrogen) atoms. The van der Waals surface area contributed by atoms with Crippen LogP contribution in [0.5, 0.6) is 0 Å². The first-order chi connectivity index (χ1) is 7.88. The largest absolute Gasteiger partial charge is 0.316 e. The van der Waals surface area contributed by atoms with Crippen LogP contribution in [0.2, 0.25) is 0 Å². The highest BCUT2D eigenvalue weighted by molar-refractivity contribution is 5.93. The van der Waals surface area contributed by atoms with Gasteiger partial charge in [0.15, 0.2) is 5.78 Å². The standard InChI is InChI=1S/C14H20FNO/c1-10(2)13(8-11(3)12(4)17)9-14(15)6-7-16-5/h6,8-9,16H,1,7H2,2-5H3/b11-8-,13-9-,14-6+. The third kappa shape index (κ3) is 6.64. The highest BCUT2D eigenvalue weighted by Crippen LogP contribution is 2.15. The molecular weight excluding hydrogens is 217 g/mol. The van der Waals surface area contributed by atoms with Gasteiger partial charge in [-0.1, -0.05) is 12.2 Å². The van der Waals surface area contributed by atoms with E-state index in [1.165, 1.54) is 19.1 Å². The van der Waals surface area contributed by atoms with Crippen molar-refractivity contribution in [3.05, 3.63) is 47.4 Å². The Labute approximate surface area is 103 Å². The first-order valence-corrected chi connectivity index (χ1v) is 5.45. The lowest BCUT2D eigenvalue weighted by Crippen LogP contribution is -2.04. The number of hydrogen-bond acceptors (Lipinski definition) is 2. The number of likely N-dealkylation sites (N-methyl/N-ethyl adjacent to an activating group) is 1. The Morgan fingerprint density at radius 1 is 1.29 bits per heavy atom. The van der Waals surface area contributed by atoms with Crippen LogP contribution in [-0.4, -0.2) is 19.4 Å². The van der Waals surface area contributed by atoms with Gasteiger partial charge in [0.05, 0.1) is 0 Å². The van der Waals surface area contributed by atoms with E-state index in [0.29, 0.717) is 17.7 Å². The minimum atomic E-state index is -0.343. The van der Waals surface area contributed by atoms with E-state index in [4.69, 9.17) is 0 Å². The summed E-state index contributed by atoms with van der Waals surface area (Å²) in [4.78, 5) is 11.1. The summed E-state index contributed by atoms with van der Waals surface area (Å²) in [5, 5.41) is 2.82. The number of Topliss-reactive ketones (excluding diaryl/α,β-unsaturated/α-hetero) is 1. The van der Waals surface area contributed by atoms with Crippen LogP contribution < -0.4 is 5.32 Å². The number of allylic oxidation sites excluding steroid dienone is 6. The molecule has 0 fully saturated rings. The van der Waals surface area contributed by atoms with Gasteiger partial charge in [-0.15, -0.1) is 0 Å². The van der Waals surface area contributed by atoms with E-state index < -0.39 is 0 Å². The van der Waals surface area contributed by atoms with E-state index in [9.17, 15) is 9.18 Å². The molecule has 0 bridgehead atoms. The Bertz CT molecular complexity index is 389. The molecule has 0 spiro atoms. The molecule has 0 amide bonds. The number of halogens is 1. The lowest BCUT2D eigenvalue weighted by molar-refractivity contribution is -0.113. The minimum absolute atomic E-state index is 0.0308. The van der Waals surface area contributed by atoms with E-state index in [0.717, 1.165) is 5.57 Å². The van der Waals surface area contributed by atoms with Crippen molar-refractivity contribution in [2.75, 3.05) is 13.6 Å². The molecule has 0 aromatic rings. The van der Waals surface area contributed by atoms with Gasteiger partial charge < -0.3 is 5.32 Å². The maximum Gasteiger partial charge on any atom is 0.155 e. The molecular formula is C14H20FNO. The van der Waals surface area contributed by atoms with Crippen molar-refractivity contribution in [3.63, 3.8) is 0 Å². The summed E-state index contributed by atoms with van der Waals surface area (Å²) in [6.45, 7) is 9.19. The first-order valence-electron chi connectivity index (χ1n) is 5.45. The molecule has 0 unspecified atom stereocenters. The van der Waals surface area contributed by atoms with E-state index >= 15 is 0 Å². The predicted octanol–water partition coefficient (Wildman–Crippen LogP) is 3.10. The zero-order chi connectivity index (χ0) is 13.4. The Hall–Kier alpha value is -1.48. The van der Waals surface area contributed by atoms with Gasteiger partial charge >= 0.3 is 0 Å². The van der Waals surface area contributed by atoms with Crippen molar-refractivity contribution >= 4 is 5.78 Å². The number of carbonyl (C=O) groups excluding carboxylic acids is 1. The fraction of sp³-hybridized carbons (Fsp3) is 0.357. The number of hydrogen-bond donors (Lipinski definition) is 1. The molecule has 3 heteroatoms. The fourth-order valence-electron chi connectivity index (χ4n) is 1.03. The summed E-state index contributed by atoms with van der Waals surface area (Å²) in [6.07, 6.45) is 4.46. The van der Waals surface area contributed by atoms with Crippen molar-refractivity contribution < 1.29 is 9.18 Å². The van der Waals surface area contributed by atoms with Crippen molar-refractivity contribution in [1.82, 2.24) is 5.32 Å². The van der Waals surface area contributed by atoms with Gasteiger partial charge in [-0.2, -0.15) is 0 Å². The number of ketones is 1. The maximum absolute atomic E-state index is 13.4. The molecule has 0 radical (unpaired) electrons. The van der Waals surface area contributed by atoms with Crippen LogP contribution in [-0.2, 0) is 4.79 Å². The fourth-order valence-corrected chi connectivity index (χ4v) is 1.03. The van der Waals surface area contributed by atoms with Crippen molar-refractivity contribution in [2.45, 2.75) is 20.8 Å². The topological polar surface area (TPSA) is 29.1 Å². The van der Waals surface area contributed by atoms with Gasteiger partial charge in [0, 0.05) is 6.54 Å². The molecule has 0 aromatic heterocycles. The molecule has 94 valence electrons. The van der Waals surface area contributed by atoms with Gasteiger partial charge in [-0.3, -0.25) is 4.79 Å². The highest BCUT2D eigenvalue weighted by atomic mass is 19.1. The Morgan fingerprint density at radius 2 is 1.88 bits per heavy atom. The molecule has 0 aliphatic rings. The minimum Gasteiger partial charge on any atom is -0.316 e. The van der Waals surface area contributed by atoms with E-state index in [-0.39, 0.29) is 11.6 Å². The van der Waals surface area contributed by atoms with Gasteiger partial charge in [-0.25, -0.2) is 4.39 Å². The lowest BCUT2D eigenvalue weighted by Gasteiger charge is -2.02. The third-order valence-electron chi connectivity index (χ3n) is 2.21. The van der Waals surface area contributed by atoms with Crippen LogP contribution in [0.3, 0.4) is 0 Å². The smallest absolute Gasteiger partial charge is 0.155 e. The Morgan fingerprint density at radius 3 is 2.29 bits per heavy atom. The van der Waals surface area contributed by atoms with Crippen LogP contribution in [0.4, 0.5) is 4.39 Å². The second kappa shape index (κ2) is 7.74. The molecule has 0 aliphatic carbocycles. The second-order valence-electron chi connectivity index (χ2n) is 3.91. The summed E-state index contributed by atoms with van der Waals surface area (Å²) in [7, 11) is 1.74. The average Bonchev–Trinajstić information content (AvgIpc) is 2.24. The Kier molecular flexibility index (Phi) is 7.06. The van der Waals surface area contributed by atoms with Gasteiger partial charge in [-0.05, 0) is 57.2 Å². The van der Waals surface area contributed by atoms with Crippen LogP contribution in [0.1, 0.15) is 20.8 Å². The number of rotatable bonds is 6. The van der Waals surface area contributed by atoms with Crippen LogP contribution in [0.25, 0.3) is 0 Å². The summed E-state index contributed by atoms with van der Waals surface area (Å²) in [5.74, 6) is -0.373.